The number of H-pyrrole nitrogens is 1. The molecule has 10 nitrogen and oxygen atoms in total. The Bertz CT molecular complexity index is 1560. The van der Waals surface area contributed by atoms with Gasteiger partial charge in [0.05, 0.1) is 0 Å². The lowest BCUT2D eigenvalue weighted by atomic mass is 9.80. The van der Waals surface area contributed by atoms with Gasteiger partial charge in [-0.1, -0.05) is 49.5 Å². The molecule has 2 aliphatic rings. The largest absolute Gasteiger partial charge is 0.439 e. The average Bonchev–Trinajstić information content (AvgIpc) is 3.48. The number of nitrogens with zero attached hydrogens (tertiary/aromatic N) is 5. The third-order valence-electron chi connectivity index (χ3n) is 8.89. The highest BCUT2D eigenvalue weighted by molar-refractivity contribution is 5.86. The van der Waals surface area contributed by atoms with E-state index in [-0.39, 0.29) is 23.3 Å². The number of nitrogens with one attached hydrogen (secondary N) is 2. The van der Waals surface area contributed by atoms with Crippen LogP contribution in [0.3, 0.4) is 0 Å². The second kappa shape index (κ2) is 10.4. The molecule has 3 heterocycles. The Labute approximate surface area is 231 Å². The maximum absolute atomic E-state index is 15.0. The number of rotatable bonds is 8. The Morgan fingerprint density at radius 2 is 1.93 bits per heavy atom. The van der Waals surface area contributed by atoms with E-state index in [1.807, 2.05) is 4.57 Å². The summed E-state index contributed by atoms with van der Waals surface area (Å²) in [7, 11) is 0. The summed E-state index contributed by atoms with van der Waals surface area (Å²) in [5.74, 6) is 1.41. The number of hydrogen-bond donors (Lipinski definition) is 3. The second-order valence-electron chi connectivity index (χ2n) is 11.9. The summed E-state index contributed by atoms with van der Waals surface area (Å²) in [5.41, 5.74) is -0.637. The zero-order chi connectivity index (χ0) is 28.0. The van der Waals surface area contributed by atoms with Crippen LogP contribution in [0.25, 0.3) is 22.8 Å². The summed E-state index contributed by atoms with van der Waals surface area (Å²) in [6, 6.07) is 6.35. The van der Waals surface area contributed by atoms with E-state index in [1.54, 1.807) is 25.1 Å². The van der Waals surface area contributed by atoms with Gasteiger partial charge in [0, 0.05) is 18.2 Å². The fourth-order valence-corrected chi connectivity index (χ4v) is 6.14. The topological polar surface area (TPSA) is 135 Å². The van der Waals surface area contributed by atoms with Crippen molar-refractivity contribution in [3.8, 4) is 11.6 Å². The Morgan fingerprint density at radius 1 is 1.18 bits per heavy atom. The first-order valence-corrected chi connectivity index (χ1v) is 14.3. The van der Waals surface area contributed by atoms with Crippen LogP contribution in [-0.2, 0) is 12.1 Å². The SMILES string of the molecule is CC1CCC(Cn2c(C(C)(O)c3ccccc3F)nc3nc(-c4noc(=O)[nH]4)nc(NC(C)C4CCC4)c32)CC1. The lowest BCUT2D eigenvalue weighted by Crippen LogP contribution is -2.32. The summed E-state index contributed by atoms with van der Waals surface area (Å²) < 4.78 is 21.7. The molecular formula is C29H36FN7O3. The number of aliphatic hydroxyl groups is 1. The van der Waals surface area contributed by atoms with Crippen LogP contribution in [-0.4, -0.2) is 40.8 Å². The smallest absolute Gasteiger partial charge is 0.377 e. The van der Waals surface area contributed by atoms with Gasteiger partial charge in [-0.15, -0.1) is 0 Å². The van der Waals surface area contributed by atoms with Gasteiger partial charge in [-0.2, -0.15) is 0 Å². The molecule has 2 aliphatic carbocycles. The number of aromatic amines is 1. The summed E-state index contributed by atoms with van der Waals surface area (Å²) in [5, 5.41) is 19.3. The number of aromatic nitrogens is 6. The summed E-state index contributed by atoms with van der Waals surface area (Å²) in [4.78, 5) is 28.5. The summed E-state index contributed by atoms with van der Waals surface area (Å²) in [6.07, 6.45) is 7.87. The number of imidazole rings is 1. The van der Waals surface area contributed by atoms with Gasteiger partial charge in [0.25, 0.3) is 0 Å². The third kappa shape index (κ3) is 4.91. The molecule has 0 amide bonds. The molecule has 3 aromatic heterocycles. The van der Waals surface area contributed by atoms with Gasteiger partial charge in [-0.25, -0.2) is 24.1 Å². The maximum Gasteiger partial charge on any atom is 0.439 e. The molecule has 0 saturated heterocycles. The van der Waals surface area contributed by atoms with Crippen LogP contribution in [0.4, 0.5) is 10.2 Å². The quantitative estimate of drug-likeness (QED) is 0.280. The minimum Gasteiger partial charge on any atom is -0.377 e. The fraction of sp³-hybridized carbons (Fsp3) is 0.552. The van der Waals surface area contributed by atoms with Crippen LogP contribution in [0.5, 0.6) is 0 Å². The van der Waals surface area contributed by atoms with Crippen molar-refractivity contribution in [2.24, 2.45) is 17.8 Å². The van der Waals surface area contributed by atoms with Crippen molar-refractivity contribution in [1.82, 2.24) is 29.7 Å². The molecule has 2 atom stereocenters. The average molecular weight is 550 g/mol. The van der Waals surface area contributed by atoms with Crippen molar-refractivity contribution in [3.63, 3.8) is 0 Å². The monoisotopic (exact) mass is 549 g/mol. The molecular weight excluding hydrogens is 513 g/mol. The summed E-state index contributed by atoms with van der Waals surface area (Å²) in [6.45, 7) is 6.58. The molecule has 11 heteroatoms. The van der Waals surface area contributed by atoms with E-state index in [4.69, 9.17) is 14.5 Å². The predicted octanol–water partition coefficient (Wildman–Crippen LogP) is 4.99. The van der Waals surface area contributed by atoms with Crippen LogP contribution in [0, 0.1) is 23.6 Å². The van der Waals surface area contributed by atoms with Gasteiger partial charge in [-0.05, 0) is 63.4 Å². The maximum atomic E-state index is 15.0. The van der Waals surface area contributed by atoms with Gasteiger partial charge in [-0.3, -0.25) is 9.51 Å². The van der Waals surface area contributed by atoms with Crippen molar-refractivity contribution < 1.29 is 14.0 Å². The van der Waals surface area contributed by atoms with E-state index in [0.29, 0.717) is 47.1 Å². The molecule has 0 aliphatic heterocycles. The van der Waals surface area contributed by atoms with Crippen molar-refractivity contribution in [2.45, 2.75) is 83.9 Å². The van der Waals surface area contributed by atoms with E-state index >= 15 is 4.39 Å². The van der Waals surface area contributed by atoms with Crippen molar-refractivity contribution >= 4 is 17.0 Å². The Balaban J connectivity index is 1.54. The lowest BCUT2D eigenvalue weighted by molar-refractivity contribution is 0.0826. The number of halogens is 1. The van der Waals surface area contributed by atoms with E-state index in [9.17, 15) is 9.90 Å². The van der Waals surface area contributed by atoms with E-state index in [1.165, 1.54) is 12.5 Å². The molecule has 0 bridgehead atoms. The van der Waals surface area contributed by atoms with Crippen molar-refractivity contribution in [2.75, 3.05) is 5.32 Å². The van der Waals surface area contributed by atoms with Gasteiger partial charge >= 0.3 is 5.76 Å². The minimum atomic E-state index is -1.74. The molecule has 3 N–H and O–H groups in total. The molecule has 4 aromatic rings. The Hall–Kier alpha value is -3.60. The molecule has 0 radical (unpaired) electrons. The highest BCUT2D eigenvalue weighted by Crippen LogP contribution is 2.38. The standard InChI is InChI=1S/C29H36FN7O3/c1-16-11-13-18(14-12-16)15-37-22-23(31-17(2)19-7-6-8-19)32-25(26-35-28(38)40-36-26)33-24(22)34-27(37)29(3,39)20-9-4-5-10-21(20)30/h4-5,9-10,16-19,39H,6-8,11-15H2,1-3H3,(H,31,32,33)(H,35,36,38). The molecule has 2 fully saturated rings. The van der Waals surface area contributed by atoms with Gasteiger partial charge in [0.15, 0.2) is 11.5 Å². The number of benzene rings is 1. The van der Waals surface area contributed by atoms with Crippen LogP contribution in [0.2, 0.25) is 0 Å². The molecule has 212 valence electrons. The summed E-state index contributed by atoms with van der Waals surface area (Å²) >= 11 is 0. The molecule has 6 rings (SSSR count). The highest BCUT2D eigenvalue weighted by atomic mass is 19.1. The van der Waals surface area contributed by atoms with Crippen molar-refractivity contribution in [3.05, 3.63) is 52.0 Å². The zero-order valence-corrected chi connectivity index (χ0v) is 23.2. The van der Waals surface area contributed by atoms with Crippen LogP contribution < -0.4 is 11.1 Å². The zero-order valence-electron chi connectivity index (χ0n) is 23.2. The van der Waals surface area contributed by atoms with E-state index in [2.05, 4.69) is 34.3 Å². The third-order valence-corrected chi connectivity index (χ3v) is 8.89. The van der Waals surface area contributed by atoms with Gasteiger partial charge < -0.3 is 15.0 Å². The van der Waals surface area contributed by atoms with Crippen molar-refractivity contribution in [1.29, 1.82) is 0 Å². The van der Waals surface area contributed by atoms with Crippen LogP contribution in [0.15, 0.2) is 33.6 Å². The molecule has 0 spiro atoms. The van der Waals surface area contributed by atoms with E-state index in [0.717, 1.165) is 38.5 Å². The van der Waals surface area contributed by atoms with Gasteiger partial charge in [0.1, 0.15) is 22.8 Å². The van der Waals surface area contributed by atoms with E-state index < -0.39 is 17.2 Å². The number of anilines is 1. The van der Waals surface area contributed by atoms with Gasteiger partial charge in [0.2, 0.25) is 11.6 Å². The molecule has 1 aromatic carbocycles. The Morgan fingerprint density at radius 3 is 2.58 bits per heavy atom. The van der Waals surface area contributed by atoms with Crippen LogP contribution >= 0.6 is 0 Å². The number of hydrogen-bond acceptors (Lipinski definition) is 8. The van der Waals surface area contributed by atoms with Crippen LogP contribution in [0.1, 0.15) is 77.1 Å². The first-order chi connectivity index (χ1) is 19.2. The first kappa shape index (κ1) is 26.6. The number of fused-ring (bicyclic) bond motifs is 1. The predicted molar refractivity (Wildman–Crippen MR) is 148 cm³/mol. The minimum absolute atomic E-state index is 0.0875. The first-order valence-electron chi connectivity index (χ1n) is 14.3. The molecule has 2 saturated carbocycles. The molecule has 2 unspecified atom stereocenters. The normalized spacial score (nSPS) is 22.1. The Kier molecular flexibility index (Phi) is 6.93. The molecule has 40 heavy (non-hydrogen) atoms. The lowest BCUT2D eigenvalue weighted by Gasteiger charge is -2.33. The highest BCUT2D eigenvalue weighted by Gasteiger charge is 2.37. The second-order valence-corrected chi connectivity index (χ2v) is 11.9. The fourth-order valence-electron chi connectivity index (χ4n) is 6.14.